The molecule has 7 heteroatoms. The first-order valence-corrected chi connectivity index (χ1v) is 12.5. The molecule has 0 heterocycles. The van der Waals surface area contributed by atoms with Crippen LogP contribution in [0.5, 0.6) is 0 Å². The summed E-state index contributed by atoms with van der Waals surface area (Å²) in [6.07, 6.45) is 3.20. The Hall–Kier alpha value is -3.35. The Kier molecular flexibility index (Phi) is 6.26. The van der Waals surface area contributed by atoms with Crippen molar-refractivity contribution >= 4 is 18.0 Å². The van der Waals surface area contributed by atoms with E-state index in [2.05, 4.69) is 34.9 Å². The maximum absolute atomic E-state index is 12.8. The first-order valence-electron chi connectivity index (χ1n) is 12.5. The van der Waals surface area contributed by atoms with Gasteiger partial charge in [-0.3, -0.25) is 4.79 Å². The molecule has 0 spiro atoms. The molecule has 2 unspecified atom stereocenters. The molecule has 0 bridgehead atoms. The van der Waals surface area contributed by atoms with Crippen molar-refractivity contribution in [3.63, 3.8) is 0 Å². The van der Waals surface area contributed by atoms with Crippen LogP contribution in [0.3, 0.4) is 0 Å². The molecule has 2 amide bonds. The summed E-state index contributed by atoms with van der Waals surface area (Å²) in [5.74, 6) is -1.21. The van der Waals surface area contributed by atoms with Crippen molar-refractivity contribution in [1.82, 2.24) is 10.6 Å². The van der Waals surface area contributed by atoms with Crippen LogP contribution in [-0.2, 0) is 14.3 Å². The van der Waals surface area contributed by atoms with Crippen molar-refractivity contribution in [3.8, 4) is 11.1 Å². The monoisotopic (exact) mass is 476 g/mol. The molecule has 184 valence electrons. The molecular weight excluding hydrogens is 444 g/mol. The number of carbonyl (C=O) groups excluding carboxylic acids is 2. The van der Waals surface area contributed by atoms with Gasteiger partial charge in [0.2, 0.25) is 5.91 Å². The molecule has 2 fully saturated rings. The molecule has 2 aromatic carbocycles. The fraction of sp³-hybridized carbons (Fsp3) is 0.464. The number of fused-ring (bicyclic) bond motifs is 3. The average Bonchev–Trinajstić information content (AvgIpc) is 3.13. The van der Waals surface area contributed by atoms with E-state index in [9.17, 15) is 19.5 Å². The number of amides is 2. The second kappa shape index (κ2) is 9.36. The Balaban J connectivity index is 1.12. The lowest BCUT2D eigenvalue weighted by molar-refractivity contribution is -0.151. The van der Waals surface area contributed by atoms with Crippen LogP contribution in [0.15, 0.2) is 48.5 Å². The molecule has 2 aromatic rings. The van der Waals surface area contributed by atoms with E-state index < -0.39 is 17.6 Å². The van der Waals surface area contributed by atoms with Gasteiger partial charge >= 0.3 is 12.1 Å². The molecule has 3 aliphatic carbocycles. The summed E-state index contributed by atoms with van der Waals surface area (Å²) in [6, 6.07) is 16.2. The van der Waals surface area contributed by atoms with E-state index in [1.807, 2.05) is 31.2 Å². The summed E-state index contributed by atoms with van der Waals surface area (Å²) >= 11 is 0. The fourth-order valence-corrected chi connectivity index (χ4v) is 6.01. The molecule has 7 nitrogen and oxygen atoms in total. The first kappa shape index (κ1) is 23.4. The SMILES string of the molecule is CC1CCCC(NC(=O)C2CC(NC(=O)OCC3c4ccccc4-c4ccccc43)C2)(C(=O)O)C1. The first-order chi connectivity index (χ1) is 16.9. The van der Waals surface area contributed by atoms with Crippen LogP contribution < -0.4 is 10.6 Å². The maximum Gasteiger partial charge on any atom is 0.407 e. The highest BCUT2D eigenvalue weighted by Crippen LogP contribution is 2.44. The second-order valence-electron chi connectivity index (χ2n) is 10.4. The lowest BCUT2D eigenvalue weighted by Gasteiger charge is -2.40. The summed E-state index contributed by atoms with van der Waals surface area (Å²) in [5.41, 5.74) is 3.51. The number of aliphatic carboxylic acids is 1. The van der Waals surface area contributed by atoms with E-state index in [4.69, 9.17) is 4.74 Å². The fourth-order valence-electron chi connectivity index (χ4n) is 6.01. The smallest absolute Gasteiger partial charge is 0.407 e. The number of benzene rings is 2. The summed E-state index contributed by atoms with van der Waals surface area (Å²) in [5, 5.41) is 15.5. The van der Waals surface area contributed by atoms with Gasteiger partial charge in [0.15, 0.2) is 0 Å². The topological polar surface area (TPSA) is 105 Å². The van der Waals surface area contributed by atoms with E-state index in [-0.39, 0.29) is 36.3 Å². The third kappa shape index (κ3) is 4.51. The van der Waals surface area contributed by atoms with Crippen molar-refractivity contribution in [3.05, 3.63) is 59.7 Å². The zero-order chi connectivity index (χ0) is 24.6. The number of carboxylic acids is 1. The van der Waals surface area contributed by atoms with Crippen molar-refractivity contribution in [2.45, 2.75) is 62.9 Å². The summed E-state index contributed by atoms with van der Waals surface area (Å²) in [7, 11) is 0. The minimum atomic E-state index is -1.17. The lowest BCUT2D eigenvalue weighted by atomic mass is 9.74. The van der Waals surface area contributed by atoms with Gasteiger partial charge in [0.1, 0.15) is 12.1 Å². The largest absolute Gasteiger partial charge is 0.480 e. The number of nitrogens with one attached hydrogen (secondary N) is 2. The van der Waals surface area contributed by atoms with Gasteiger partial charge in [0, 0.05) is 17.9 Å². The molecular formula is C28H32N2O5. The molecule has 2 saturated carbocycles. The van der Waals surface area contributed by atoms with Gasteiger partial charge in [0.25, 0.3) is 0 Å². The molecule has 3 N–H and O–H groups in total. The van der Waals surface area contributed by atoms with Crippen molar-refractivity contribution < 1.29 is 24.2 Å². The standard InChI is InChI=1S/C28H32N2O5/c1-17-7-6-12-28(15-17,26(32)33)30-25(31)18-13-19(14-18)29-27(34)35-16-24-22-10-4-2-8-20(22)21-9-3-5-11-23(21)24/h2-5,8-11,17-19,24H,6-7,12-16H2,1H3,(H,29,34)(H,30,31)(H,32,33). The minimum Gasteiger partial charge on any atom is -0.480 e. The van der Waals surface area contributed by atoms with Crippen LogP contribution in [0, 0.1) is 11.8 Å². The van der Waals surface area contributed by atoms with E-state index in [0.717, 1.165) is 24.0 Å². The second-order valence-corrected chi connectivity index (χ2v) is 10.4. The molecule has 0 saturated heterocycles. The molecule has 3 aliphatic rings. The van der Waals surface area contributed by atoms with E-state index in [1.54, 1.807) is 0 Å². The summed E-state index contributed by atoms with van der Waals surface area (Å²) in [6.45, 7) is 2.27. The summed E-state index contributed by atoms with van der Waals surface area (Å²) in [4.78, 5) is 37.2. The molecule has 2 atom stereocenters. The Morgan fingerprint density at radius 1 is 1.03 bits per heavy atom. The molecule has 0 aromatic heterocycles. The highest BCUT2D eigenvalue weighted by Gasteiger charge is 2.46. The zero-order valence-corrected chi connectivity index (χ0v) is 20.0. The molecule has 0 aliphatic heterocycles. The van der Waals surface area contributed by atoms with Gasteiger partial charge in [-0.1, -0.05) is 68.3 Å². The van der Waals surface area contributed by atoms with Gasteiger partial charge in [0.05, 0.1) is 0 Å². The normalized spacial score (nSPS) is 27.2. The van der Waals surface area contributed by atoms with Crippen molar-refractivity contribution in [2.75, 3.05) is 6.61 Å². The van der Waals surface area contributed by atoms with Crippen LogP contribution in [0.25, 0.3) is 11.1 Å². The van der Waals surface area contributed by atoms with E-state index >= 15 is 0 Å². The number of rotatable bonds is 6. The van der Waals surface area contributed by atoms with Gasteiger partial charge in [-0.2, -0.15) is 0 Å². The molecule has 5 rings (SSSR count). The average molecular weight is 477 g/mol. The van der Waals surface area contributed by atoms with Crippen molar-refractivity contribution in [2.24, 2.45) is 11.8 Å². The Bertz CT molecular complexity index is 1100. The molecule has 35 heavy (non-hydrogen) atoms. The van der Waals surface area contributed by atoms with Crippen LogP contribution >= 0.6 is 0 Å². The third-order valence-corrected chi connectivity index (χ3v) is 7.94. The van der Waals surface area contributed by atoms with Crippen LogP contribution in [0.4, 0.5) is 4.79 Å². The highest BCUT2D eigenvalue weighted by atomic mass is 16.5. The Morgan fingerprint density at radius 3 is 2.26 bits per heavy atom. The van der Waals surface area contributed by atoms with Crippen LogP contribution in [0.1, 0.15) is 62.5 Å². The predicted octanol–water partition coefficient (Wildman–Crippen LogP) is 4.45. The number of hydrogen-bond acceptors (Lipinski definition) is 4. The number of hydrogen-bond donors (Lipinski definition) is 3. The maximum atomic E-state index is 12.8. The number of ether oxygens (including phenoxy) is 1. The third-order valence-electron chi connectivity index (χ3n) is 7.94. The zero-order valence-electron chi connectivity index (χ0n) is 20.0. The minimum absolute atomic E-state index is 0.00170. The van der Waals surface area contributed by atoms with Gasteiger partial charge in [-0.25, -0.2) is 9.59 Å². The van der Waals surface area contributed by atoms with Crippen LogP contribution in [-0.4, -0.2) is 41.3 Å². The van der Waals surface area contributed by atoms with Gasteiger partial charge in [-0.05, 0) is 53.9 Å². The van der Waals surface area contributed by atoms with E-state index in [1.165, 1.54) is 11.1 Å². The Labute approximate surface area is 205 Å². The number of carbonyl (C=O) groups is 3. The lowest BCUT2D eigenvalue weighted by Crippen LogP contribution is -2.60. The van der Waals surface area contributed by atoms with Gasteiger partial charge < -0.3 is 20.5 Å². The highest BCUT2D eigenvalue weighted by molar-refractivity contribution is 5.89. The van der Waals surface area contributed by atoms with E-state index in [0.29, 0.717) is 25.7 Å². The molecule has 0 radical (unpaired) electrons. The van der Waals surface area contributed by atoms with Crippen LogP contribution in [0.2, 0.25) is 0 Å². The number of carboxylic acid groups (broad SMARTS) is 1. The number of alkyl carbamates (subject to hydrolysis) is 1. The summed E-state index contributed by atoms with van der Waals surface area (Å²) < 4.78 is 5.59. The Morgan fingerprint density at radius 2 is 1.66 bits per heavy atom. The quantitative estimate of drug-likeness (QED) is 0.571. The van der Waals surface area contributed by atoms with Crippen molar-refractivity contribution in [1.29, 1.82) is 0 Å². The van der Waals surface area contributed by atoms with Gasteiger partial charge in [-0.15, -0.1) is 0 Å². The predicted molar refractivity (Wildman–Crippen MR) is 131 cm³/mol.